The first-order valence-corrected chi connectivity index (χ1v) is 5.12. The van der Waals surface area contributed by atoms with Gasteiger partial charge in [-0.1, -0.05) is 0 Å². The van der Waals surface area contributed by atoms with Gasteiger partial charge in [-0.05, 0) is 31.5 Å². The number of ether oxygens (including phenoxy) is 1. The summed E-state index contributed by atoms with van der Waals surface area (Å²) >= 11 is 0. The second kappa shape index (κ2) is 3.84. The van der Waals surface area contributed by atoms with Crippen LogP contribution in [0.2, 0.25) is 0 Å². The molecule has 0 amide bonds. The lowest BCUT2D eigenvalue weighted by molar-refractivity contribution is -0.384. The van der Waals surface area contributed by atoms with Crippen molar-refractivity contribution in [2.75, 3.05) is 6.61 Å². The summed E-state index contributed by atoms with van der Waals surface area (Å²) in [4.78, 5) is 10.1. The molecule has 1 aliphatic heterocycles. The van der Waals surface area contributed by atoms with Gasteiger partial charge in [0.2, 0.25) is 0 Å². The molecular formula is C11H14N2O3. The number of non-ortho nitro benzene ring substituents is 1. The van der Waals surface area contributed by atoms with Crippen molar-refractivity contribution in [2.45, 2.75) is 25.6 Å². The highest BCUT2D eigenvalue weighted by molar-refractivity contribution is 5.34. The lowest BCUT2D eigenvalue weighted by Gasteiger charge is -2.16. The number of hydrogen-bond acceptors (Lipinski definition) is 4. The van der Waals surface area contributed by atoms with Crippen molar-refractivity contribution in [1.82, 2.24) is 5.32 Å². The van der Waals surface area contributed by atoms with Gasteiger partial charge in [-0.3, -0.25) is 15.4 Å². The van der Waals surface area contributed by atoms with Crippen LogP contribution in [0.4, 0.5) is 5.69 Å². The summed E-state index contributed by atoms with van der Waals surface area (Å²) < 4.78 is 5.57. The van der Waals surface area contributed by atoms with Crippen LogP contribution in [-0.2, 0) is 4.74 Å². The van der Waals surface area contributed by atoms with Gasteiger partial charge in [0.1, 0.15) is 6.23 Å². The van der Waals surface area contributed by atoms with Gasteiger partial charge in [-0.15, -0.1) is 0 Å². The molecule has 1 atom stereocenters. The monoisotopic (exact) mass is 222 g/mol. The Morgan fingerprint density at radius 3 is 2.50 bits per heavy atom. The molecule has 0 saturated carbocycles. The fourth-order valence-corrected chi connectivity index (χ4v) is 1.68. The SMILES string of the molecule is CC1(C)CO[C@@H](c2ccc([N+](=O)[O-])cc2)N1. The predicted octanol–water partition coefficient (Wildman–Crippen LogP) is 1.99. The largest absolute Gasteiger partial charge is 0.357 e. The Labute approximate surface area is 93.6 Å². The van der Waals surface area contributed by atoms with E-state index in [2.05, 4.69) is 19.2 Å². The molecule has 1 saturated heterocycles. The minimum Gasteiger partial charge on any atom is -0.357 e. The molecule has 1 aromatic rings. The van der Waals surface area contributed by atoms with Crippen LogP contribution in [0.3, 0.4) is 0 Å². The minimum atomic E-state index is -0.406. The van der Waals surface area contributed by atoms with E-state index in [1.165, 1.54) is 12.1 Å². The van der Waals surface area contributed by atoms with Gasteiger partial charge >= 0.3 is 0 Å². The van der Waals surface area contributed by atoms with Gasteiger partial charge in [0.05, 0.1) is 11.5 Å². The first kappa shape index (κ1) is 11.0. The zero-order valence-corrected chi connectivity index (χ0v) is 9.27. The zero-order valence-electron chi connectivity index (χ0n) is 9.27. The van der Waals surface area contributed by atoms with E-state index in [-0.39, 0.29) is 17.5 Å². The third kappa shape index (κ3) is 2.20. The summed E-state index contributed by atoms with van der Waals surface area (Å²) in [5.74, 6) is 0. The van der Waals surface area contributed by atoms with E-state index < -0.39 is 4.92 Å². The highest BCUT2D eigenvalue weighted by Crippen LogP contribution is 2.26. The van der Waals surface area contributed by atoms with Crippen molar-refractivity contribution in [3.8, 4) is 0 Å². The van der Waals surface area contributed by atoms with Gasteiger partial charge in [0.15, 0.2) is 0 Å². The van der Waals surface area contributed by atoms with Crippen molar-refractivity contribution in [2.24, 2.45) is 0 Å². The topological polar surface area (TPSA) is 64.4 Å². The first-order valence-electron chi connectivity index (χ1n) is 5.12. The number of rotatable bonds is 2. The van der Waals surface area contributed by atoms with E-state index in [0.717, 1.165) is 5.56 Å². The summed E-state index contributed by atoms with van der Waals surface area (Å²) in [5, 5.41) is 13.8. The Morgan fingerprint density at radius 2 is 2.06 bits per heavy atom. The van der Waals surface area contributed by atoms with E-state index in [1.807, 2.05) is 0 Å². The molecule has 5 nitrogen and oxygen atoms in total. The van der Waals surface area contributed by atoms with E-state index in [0.29, 0.717) is 6.61 Å². The van der Waals surface area contributed by atoms with Gasteiger partial charge < -0.3 is 4.74 Å². The number of nitro groups is 1. The second-order valence-electron chi connectivity index (χ2n) is 4.57. The molecule has 86 valence electrons. The van der Waals surface area contributed by atoms with Crippen molar-refractivity contribution in [1.29, 1.82) is 0 Å². The highest BCUT2D eigenvalue weighted by Gasteiger charge is 2.31. The summed E-state index contributed by atoms with van der Waals surface area (Å²) in [6.07, 6.45) is -0.171. The molecule has 1 aliphatic rings. The fourth-order valence-electron chi connectivity index (χ4n) is 1.68. The molecule has 1 N–H and O–H groups in total. The molecule has 1 aromatic carbocycles. The molecule has 0 aliphatic carbocycles. The standard InChI is InChI=1S/C11H14N2O3/c1-11(2)7-16-10(12-11)8-3-5-9(6-4-8)13(14)15/h3-6,10,12H,7H2,1-2H3/t10-/m0/s1. The fraction of sp³-hybridized carbons (Fsp3) is 0.455. The van der Waals surface area contributed by atoms with E-state index in [1.54, 1.807) is 12.1 Å². The Morgan fingerprint density at radius 1 is 1.44 bits per heavy atom. The molecule has 1 heterocycles. The molecule has 0 aromatic heterocycles. The Kier molecular flexibility index (Phi) is 2.65. The molecule has 1 fully saturated rings. The van der Waals surface area contributed by atoms with Crippen LogP contribution in [0.5, 0.6) is 0 Å². The summed E-state index contributed by atoms with van der Waals surface area (Å²) in [5.41, 5.74) is 0.962. The van der Waals surface area contributed by atoms with Gasteiger partial charge in [-0.25, -0.2) is 0 Å². The number of benzene rings is 1. The Hall–Kier alpha value is -1.46. The van der Waals surface area contributed by atoms with Crippen LogP contribution in [0.25, 0.3) is 0 Å². The quantitative estimate of drug-likeness (QED) is 0.614. The van der Waals surface area contributed by atoms with Crippen LogP contribution < -0.4 is 5.32 Å². The van der Waals surface area contributed by atoms with Gasteiger partial charge in [-0.2, -0.15) is 0 Å². The lowest BCUT2D eigenvalue weighted by atomic mass is 10.1. The Balaban J connectivity index is 2.14. The normalized spacial score (nSPS) is 23.2. The van der Waals surface area contributed by atoms with Crippen LogP contribution in [-0.4, -0.2) is 17.1 Å². The van der Waals surface area contributed by atoms with Crippen LogP contribution in [0, 0.1) is 10.1 Å². The maximum atomic E-state index is 10.5. The average molecular weight is 222 g/mol. The van der Waals surface area contributed by atoms with Crippen molar-refractivity contribution in [3.05, 3.63) is 39.9 Å². The van der Waals surface area contributed by atoms with Crippen LogP contribution >= 0.6 is 0 Å². The molecule has 0 unspecified atom stereocenters. The number of nitrogens with one attached hydrogen (secondary N) is 1. The minimum absolute atomic E-state index is 0.0492. The average Bonchev–Trinajstić information content (AvgIpc) is 2.59. The number of nitro benzene ring substituents is 1. The zero-order chi connectivity index (χ0) is 11.8. The van der Waals surface area contributed by atoms with Gasteiger partial charge in [0, 0.05) is 17.7 Å². The molecule has 2 rings (SSSR count). The third-order valence-electron chi connectivity index (χ3n) is 2.54. The summed E-state index contributed by atoms with van der Waals surface area (Å²) in [7, 11) is 0. The Bertz CT molecular complexity index is 400. The third-order valence-corrected chi connectivity index (χ3v) is 2.54. The maximum absolute atomic E-state index is 10.5. The molecule has 0 spiro atoms. The molecule has 5 heteroatoms. The van der Waals surface area contributed by atoms with E-state index >= 15 is 0 Å². The molecular weight excluding hydrogens is 208 g/mol. The molecule has 0 radical (unpaired) electrons. The van der Waals surface area contributed by atoms with Crippen LogP contribution in [0.1, 0.15) is 25.6 Å². The first-order chi connectivity index (χ1) is 7.48. The lowest BCUT2D eigenvalue weighted by Crippen LogP contribution is -2.35. The van der Waals surface area contributed by atoms with Crippen molar-refractivity contribution < 1.29 is 9.66 Å². The molecule has 0 bridgehead atoms. The van der Waals surface area contributed by atoms with Crippen molar-refractivity contribution in [3.63, 3.8) is 0 Å². The van der Waals surface area contributed by atoms with E-state index in [9.17, 15) is 10.1 Å². The summed E-state index contributed by atoms with van der Waals surface area (Å²) in [6, 6.07) is 6.42. The summed E-state index contributed by atoms with van der Waals surface area (Å²) in [6.45, 7) is 4.74. The second-order valence-corrected chi connectivity index (χ2v) is 4.57. The van der Waals surface area contributed by atoms with E-state index in [4.69, 9.17) is 4.74 Å². The number of nitrogens with zero attached hydrogens (tertiary/aromatic N) is 1. The van der Waals surface area contributed by atoms with Crippen LogP contribution in [0.15, 0.2) is 24.3 Å². The van der Waals surface area contributed by atoms with Gasteiger partial charge in [0.25, 0.3) is 5.69 Å². The number of hydrogen-bond donors (Lipinski definition) is 1. The highest BCUT2D eigenvalue weighted by atomic mass is 16.6. The smallest absolute Gasteiger partial charge is 0.269 e. The van der Waals surface area contributed by atoms with Crippen molar-refractivity contribution >= 4 is 5.69 Å². The molecule has 16 heavy (non-hydrogen) atoms. The predicted molar refractivity (Wildman–Crippen MR) is 59.0 cm³/mol. The maximum Gasteiger partial charge on any atom is 0.269 e.